The minimum Gasteiger partial charge on any atom is -0.327 e. The van der Waals surface area contributed by atoms with Gasteiger partial charge in [-0.25, -0.2) is 4.98 Å². The van der Waals surface area contributed by atoms with Gasteiger partial charge in [0.15, 0.2) is 5.82 Å². The topological polar surface area (TPSA) is 81.6 Å². The lowest BCUT2D eigenvalue weighted by Gasteiger charge is -2.33. The molecular formula is C25H30N4O. The summed E-state index contributed by atoms with van der Waals surface area (Å²) in [6, 6.07) is 9.74. The minimum atomic E-state index is -0.0778. The summed E-state index contributed by atoms with van der Waals surface area (Å²) < 4.78 is 0. The van der Waals surface area contributed by atoms with Crippen molar-refractivity contribution in [1.29, 1.82) is 5.26 Å². The number of H-pyrrole nitrogens is 1. The number of nitriles is 1. The average Bonchev–Trinajstić information content (AvgIpc) is 3.23. The zero-order chi connectivity index (χ0) is 21.1. The molecule has 2 atom stereocenters. The Morgan fingerprint density at radius 1 is 1.23 bits per heavy atom. The van der Waals surface area contributed by atoms with Crippen molar-refractivity contribution < 1.29 is 4.79 Å². The van der Waals surface area contributed by atoms with Crippen LogP contribution in [0.1, 0.15) is 91.3 Å². The highest BCUT2D eigenvalue weighted by atomic mass is 16.1. The SMILES string of the molecule is C[C@H]1CC(c2ccc(CC(=O)c3ncc(C#N)[nH]3)c(C3=CCCCC3)c2)C[C@H](C)N1. The lowest BCUT2D eigenvalue weighted by molar-refractivity contribution is 0.0984. The molecule has 156 valence electrons. The lowest BCUT2D eigenvalue weighted by atomic mass is 9.81. The first-order valence-corrected chi connectivity index (χ1v) is 11.1. The highest BCUT2D eigenvalue weighted by Gasteiger charge is 2.26. The predicted octanol–water partition coefficient (Wildman–Crippen LogP) is 4.91. The zero-order valence-electron chi connectivity index (χ0n) is 17.9. The van der Waals surface area contributed by atoms with Crippen LogP contribution in [0, 0.1) is 11.3 Å². The quantitative estimate of drug-likeness (QED) is 0.696. The average molecular weight is 403 g/mol. The second-order valence-corrected chi connectivity index (χ2v) is 8.89. The molecule has 2 heterocycles. The number of rotatable bonds is 5. The van der Waals surface area contributed by atoms with E-state index in [0.717, 1.165) is 31.2 Å². The van der Waals surface area contributed by atoms with Gasteiger partial charge in [0.2, 0.25) is 5.78 Å². The lowest BCUT2D eigenvalue weighted by Crippen LogP contribution is -2.41. The maximum Gasteiger partial charge on any atom is 0.202 e. The first kappa shape index (κ1) is 20.6. The summed E-state index contributed by atoms with van der Waals surface area (Å²) in [5.41, 5.74) is 5.36. The number of Topliss-reactive ketones (excluding diaryl/α,β-unsaturated/α-hetero) is 1. The summed E-state index contributed by atoms with van der Waals surface area (Å²) in [4.78, 5) is 19.7. The van der Waals surface area contributed by atoms with E-state index in [1.165, 1.54) is 35.7 Å². The van der Waals surface area contributed by atoms with Crippen LogP contribution in [0.4, 0.5) is 0 Å². The van der Waals surface area contributed by atoms with Crippen LogP contribution in [-0.2, 0) is 6.42 Å². The fourth-order valence-corrected chi connectivity index (χ4v) is 5.00. The van der Waals surface area contributed by atoms with Gasteiger partial charge in [0.05, 0.1) is 6.20 Å². The summed E-state index contributed by atoms with van der Waals surface area (Å²) in [7, 11) is 0. The van der Waals surface area contributed by atoms with Crippen LogP contribution in [0.2, 0.25) is 0 Å². The number of carbonyl (C=O) groups excluding carboxylic acids is 1. The van der Waals surface area contributed by atoms with Crippen molar-refractivity contribution in [3.63, 3.8) is 0 Å². The molecule has 1 saturated heterocycles. The highest BCUT2D eigenvalue weighted by molar-refractivity contribution is 5.95. The largest absolute Gasteiger partial charge is 0.327 e. The summed E-state index contributed by atoms with van der Waals surface area (Å²) >= 11 is 0. The van der Waals surface area contributed by atoms with Crippen LogP contribution < -0.4 is 5.32 Å². The van der Waals surface area contributed by atoms with Gasteiger partial charge in [-0.15, -0.1) is 0 Å². The van der Waals surface area contributed by atoms with E-state index >= 15 is 0 Å². The van der Waals surface area contributed by atoms with Crippen LogP contribution in [-0.4, -0.2) is 27.8 Å². The molecular weight excluding hydrogens is 372 g/mol. The third-order valence-electron chi connectivity index (χ3n) is 6.40. The number of benzene rings is 1. The number of carbonyl (C=O) groups is 1. The zero-order valence-corrected chi connectivity index (χ0v) is 17.9. The van der Waals surface area contributed by atoms with Crippen LogP contribution in [0.3, 0.4) is 0 Å². The standard InChI is InChI=1S/C25H30N4O/c1-16-10-21(11-17(2)28-16)19-8-9-20(23(12-19)18-6-4-3-5-7-18)13-24(30)25-27-15-22(14-26)29-25/h6,8-9,12,15-17,21,28H,3-5,7,10-11,13H2,1-2H3,(H,27,29)/t16-,17-/m0/s1. The summed E-state index contributed by atoms with van der Waals surface area (Å²) in [5.74, 6) is 0.735. The number of ketones is 1. The molecule has 1 aliphatic carbocycles. The molecule has 2 aliphatic rings. The number of aromatic amines is 1. The third-order valence-corrected chi connectivity index (χ3v) is 6.40. The van der Waals surface area contributed by atoms with E-state index in [2.05, 4.69) is 53.4 Å². The number of nitrogens with one attached hydrogen (secondary N) is 2. The Kier molecular flexibility index (Phi) is 6.15. The molecule has 2 N–H and O–H groups in total. The monoisotopic (exact) mass is 402 g/mol. The van der Waals surface area contributed by atoms with Gasteiger partial charge in [0.1, 0.15) is 11.8 Å². The van der Waals surface area contributed by atoms with Crippen molar-refractivity contribution in [2.45, 2.75) is 76.8 Å². The fourth-order valence-electron chi connectivity index (χ4n) is 5.00. The van der Waals surface area contributed by atoms with Crippen molar-refractivity contribution in [3.8, 4) is 6.07 Å². The Morgan fingerprint density at radius 2 is 2.03 bits per heavy atom. The van der Waals surface area contributed by atoms with Gasteiger partial charge in [-0.3, -0.25) is 4.79 Å². The molecule has 0 unspecified atom stereocenters. The molecule has 4 rings (SSSR count). The van der Waals surface area contributed by atoms with Gasteiger partial charge in [-0.05, 0) is 80.6 Å². The smallest absolute Gasteiger partial charge is 0.202 e. The summed E-state index contributed by atoms with van der Waals surface area (Å²) in [6.07, 6.45) is 11.0. The van der Waals surface area contributed by atoms with Gasteiger partial charge >= 0.3 is 0 Å². The summed E-state index contributed by atoms with van der Waals surface area (Å²) in [6.45, 7) is 4.53. The molecule has 0 saturated carbocycles. The molecule has 0 amide bonds. The number of piperidine rings is 1. The van der Waals surface area contributed by atoms with E-state index in [1.807, 2.05) is 6.07 Å². The normalized spacial score (nSPS) is 24.2. The van der Waals surface area contributed by atoms with E-state index < -0.39 is 0 Å². The van der Waals surface area contributed by atoms with Gasteiger partial charge in [-0.1, -0.05) is 24.3 Å². The Balaban J connectivity index is 1.64. The Bertz CT molecular complexity index is 987. The number of hydrogen-bond acceptors (Lipinski definition) is 4. The molecule has 1 aliphatic heterocycles. The van der Waals surface area contributed by atoms with E-state index in [-0.39, 0.29) is 11.6 Å². The van der Waals surface area contributed by atoms with Crippen LogP contribution >= 0.6 is 0 Å². The predicted molar refractivity (Wildman–Crippen MR) is 118 cm³/mol. The number of imidazole rings is 1. The molecule has 5 heteroatoms. The van der Waals surface area contributed by atoms with Crippen molar-refractivity contribution in [2.75, 3.05) is 0 Å². The van der Waals surface area contributed by atoms with Gasteiger partial charge in [-0.2, -0.15) is 5.26 Å². The Labute approximate surface area is 178 Å². The molecule has 1 aromatic heterocycles. The van der Waals surface area contributed by atoms with Crippen LogP contribution in [0.15, 0.2) is 30.5 Å². The van der Waals surface area contributed by atoms with Gasteiger partial charge < -0.3 is 10.3 Å². The first-order chi connectivity index (χ1) is 14.5. The van der Waals surface area contributed by atoms with Crippen molar-refractivity contribution in [1.82, 2.24) is 15.3 Å². The molecule has 0 bridgehead atoms. The maximum atomic E-state index is 12.8. The first-order valence-electron chi connectivity index (χ1n) is 11.1. The van der Waals surface area contributed by atoms with E-state index in [1.54, 1.807) is 0 Å². The molecule has 0 spiro atoms. The second kappa shape index (κ2) is 8.97. The molecule has 30 heavy (non-hydrogen) atoms. The maximum absolute atomic E-state index is 12.8. The minimum absolute atomic E-state index is 0.0778. The molecule has 2 aromatic rings. The summed E-state index contributed by atoms with van der Waals surface area (Å²) in [5, 5.41) is 12.6. The van der Waals surface area contributed by atoms with Crippen molar-refractivity contribution >= 4 is 11.4 Å². The Hall–Kier alpha value is -2.71. The number of allylic oxidation sites excluding steroid dienone is 2. The second-order valence-electron chi connectivity index (χ2n) is 8.89. The van der Waals surface area contributed by atoms with Crippen LogP contribution in [0.25, 0.3) is 5.57 Å². The third kappa shape index (κ3) is 4.55. The molecule has 5 nitrogen and oxygen atoms in total. The van der Waals surface area contributed by atoms with E-state index in [0.29, 0.717) is 30.1 Å². The molecule has 1 aromatic carbocycles. The van der Waals surface area contributed by atoms with Crippen molar-refractivity contribution in [2.24, 2.45) is 0 Å². The fraction of sp³-hybridized carbons (Fsp3) is 0.480. The highest BCUT2D eigenvalue weighted by Crippen LogP contribution is 2.35. The number of hydrogen-bond donors (Lipinski definition) is 2. The van der Waals surface area contributed by atoms with E-state index in [9.17, 15) is 4.79 Å². The number of nitrogens with zero attached hydrogens (tertiary/aromatic N) is 2. The Morgan fingerprint density at radius 3 is 2.70 bits per heavy atom. The van der Waals surface area contributed by atoms with Gasteiger partial charge in [0, 0.05) is 18.5 Å². The van der Waals surface area contributed by atoms with Crippen molar-refractivity contribution in [3.05, 3.63) is 58.7 Å². The van der Waals surface area contributed by atoms with Gasteiger partial charge in [0.25, 0.3) is 0 Å². The van der Waals surface area contributed by atoms with Crippen LogP contribution in [0.5, 0.6) is 0 Å². The molecule has 1 fully saturated rings. The molecule has 0 radical (unpaired) electrons. The van der Waals surface area contributed by atoms with E-state index in [4.69, 9.17) is 5.26 Å². The number of aromatic nitrogens is 2.